The fraction of sp³-hybridized carbons (Fsp3) is 0.429. The molecule has 2 nitrogen and oxygen atoms in total. The molecular weight excluding hydrogens is 114 g/mol. The normalized spacial score (nSPS) is 27.2. The van der Waals surface area contributed by atoms with Crippen LogP contribution in [0.5, 0.6) is 0 Å². The molecule has 2 N–H and O–H groups in total. The largest absolute Gasteiger partial charge is 0.359 e. The highest BCUT2D eigenvalue weighted by molar-refractivity contribution is 5.18. The summed E-state index contributed by atoms with van der Waals surface area (Å²) in [7, 11) is 0. The Morgan fingerprint density at radius 3 is 3.11 bits per heavy atom. The molecule has 1 heterocycles. The van der Waals surface area contributed by atoms with Gasteiger partial charge in [0.05, 0.1) is 6.61 Å². The molecule has 1 unspecified atom stereocenters. The van der Waals surface area contributed by atoms with E-state index in [-0.39, 0.29) is 6.23 Å². The zero-order valence-electron chi connectivity index (χ0n) is 5.34. The Morgan fingerprint density at radius 2 is 2.67 bits per heavy atom. The fourth-order valence-corrected chi connectivity index (χ4v) is 0.740. The Hall–Kier alpha value is -0.600. The zero-order valence-corrected chi connectivity index (χ0v) is 5.34. The van der Waals surface area contributed by atoms with Crippen LogP contribution in [0.4, 0.5) is 0 Å². The second-order valence-electron chi connectivity index (χ2n) is 2.07. The van der Waals surface area contributed by atoms with E-state index in [1.807, 2.05) is 0 Å². The Kier molecular flexibility index (Phi) is 2.03. The van der Waals surface area contributed by atoms with E-state index in [1.54, 1.807) is 6.08 Å². The lowest BCUT2D eigenvalue weighted by atomic mass is 10.2. The van der Waals surface area contributed by atoms with Crippen LogP contribution in [0.2, 0.25) is 0 Å². The van der Waals surface area contributed by atoms with Crippen molar-refractivity contribution in [1.82, 2.24) is 0 Å². The van der Waals surface area contributed by atoms with Crippen molar-refractivity contribution in [3.8, 4) is 0 Å². The Balaban J connectivity index is 2.49. The van der Waals surface area contributed by atoms with Crippen LogP contribution in [0.1, 0.15) is 6.42 Å². The number of hydrogen-bond acceptors (Lipinski definition) is 2. The summed E-state index contributed by atoms with van der Waals surface area (Å²) in [6, 6.07) is 0. The smallest absolute Gasteiger partial charge is 0.109 e. The van der Waals surface area contributed by atoms with Crippen LogP contribution in [0.15, 0.2) is 24.3 Å². The van der Waals surface area contributed by atoms with Gasteiger partial charge >= 0.3 is 0 Å². The molecule has 0 aromatic carbocycles. The summed E-state index contributed by atoms with van der Waals surface area (Å²) in [6.07, 6.45) is 4.56. The van der Waals surface area contributed by atoms with Gasteiger partial charge in [-0.1, -0.05) is 18.7 Å². The van der Waals surface area contributed by atoms with Crippen molar-refractivity contribution < 1.29 is 4.74 Å². The molecule has 0 radical (unpaired) electrons. The third-order valence-electron chi connectivity index (χ3n) is 1.34. The van der Waals surface area contributed by atoms with Crippen LogP contribution >= 0.6 is 0 Å². The van der Waals surface area contributed by atoms with Crippen molar-refractivity contribution in [2.24, 2.45) is 5.73 Å². The number of rotatable bonds is 1. The van der Waals surface area contributed by atoms with E-state index in [0.717, 1.165) is 12.0 Å². The Morgan fingerprint density at radius 1 is 1.89 bits per heavy atom. The van der Waals surface area contributed by atoms with E-state index >= 15 is 0 Å². The van der Waals surface area contributed by atoms with E-state index < -0.39 is 0 Å². The first-order chi connectivity index (χ1) is 4.33. The molecule has 0 saturated carbocycles. The molecule has 0 bridgehead atoms. The van der Waals surface area contributed by atoms with Gasteiger partial charge < -0.3 is 10.5 Å². The van der Waals surface area contributed by atoms with Crippen molar-refractivity contribution in [3.63, 3.8) is 0 Å². The van der Waals surface area contributed by atoms with E-state index in [4.69, 9.17) is 10.5 Å². The third kappa shape index (κ3) is 1.66. The molecular formula is C7H11NO. The standard InChI is InChI=1S/C7H11NO/c1-2-6-3-4-7(8)9-5-6/h2-3,7H,1,4-5,8H2. The van der Waals surface area contributed by atoms with Crippen LogP contribution in [0.3, 0.4) is 0 Å². The van der Waals surface area contributed by atoms with Gasteiger partial charge in [-0.25, -0.2) is 0 Å². The molecule has 1 rings (SSSR count). The first kappa shape index (κ1) is 6.52. The van der Waals surface area contributed by atoms with Crippen LogP contribution in [0, 0.1) is 0 Å². The van der Waals surface area contributed by atoms with Gasteiger partial charge in [-0.05, 0) is 5.57 Å². The number of ether oxygens (including phenoxy) is 1. The van der Waals surface area contributed by atoms with Crippen molar-refractivity contribution in [2.45, 2.75) is 12.6 Å². The SMILES string of the molecule is C=CC1=CCC(N)OC1. The van der Waals surface area contributed by atoms with Gasteiger partial charge in [0.1, 0.15) is 6.23 Å². The molecule has 0 aromatic rings. The summed E-state index contributed by atoms with van der Waals surface area (Å²) in [5, 5.41) is 0. The average Bonchev–Trinajstić information content (AvgIpc) is 1.90. The van der Waals surface area contributed by atoms with Gasteiger partial charge in [-0.15, -0.1) is 0 Å². The maximum Gasteiger partial charge on any atom is 0.109 e. The highest BCUT2D eigenvalue weighted by atomic mass is 16.5. The second-order valence-corrected chi connectivity index (χ2v) is 2.07. The number of hydrogen-bond donors (Lipinski definition) is 1. The molecule has 9 heavy (non-hydrogen) atoms. The van der Waals surface area contributed by atoms with E-state index in [9.17, 15) is 0 Å². The molecule has 1 atom stereocenters. The van der Waals surface area contributed by atoms with Gasteiger partial charge in [0.2, 0.25) is 0 Å². The topological polar surface area (TPSA) is 35.2 Å². The van der Waals surface area contributed by atoms with Gasteiger partial charge in [0, 0.05) is 6.42 Å². The molecule has 50 valence electrons. The molecule has 0 saturated heterocycles. The monoisotopic (exact) mass is 125 g/mol. The lowest BCUT2D eigenvalue weighted by Gasteiger charge is -2.16. The summed E-state index contributed by atoms with van der Waals surface area (Å²) < 4.78 is 5.12. The molecule has 0 spiro atoms. The predicted molar refractivity (Wildman–Crippen MR) is 36.8 cm³/mol. The first-order valence-electron chi connectivity index (χ1n) is 3.01. The second kappa shape index (κ2) is 2.80. The summed E-state index contributed by atoms with van der Waals surface area (Å²) in [5.74, 6) is 0. The van der Waals surface area contributed by atoms with Crippen molar-refractivity contribution >= 4 is 0 Å². The van der Waals surface area contributed by atoms with Crippen molar-refractivity contribution in [2.75, 3.05) is 6.61 Å². The molecule has 0 fully saturated rings. The highest BCUT2D eigenvalue weighted by Gasteiger charge is 2.06. The summed E-state index contributed by atoms with van der Waals surface area (Å²) >= 11 is 0. The minimum Gasteiger partial charge on any atom is -0.359 e. The van der Waals surface area contributed by atoms with E-state index in [1.165, 1.54) is 0 Å². The summed E-state index contributed by atoms with van der Waals surface area (Å²) in [6.45, 7) is 4.24. The van der Waals surface area contributed by atoms with Crippen LogP contribution in [-0.2, 0) is 4.74 Å². The highest BCUT2D eigenvalue weighted by Crippen LogP contribution is 2.08. The lowest BCUT2D eigenvalue weighted by molar-refractivity contribution is 0.0688. The van der Waals surface area contributed by atoms with E-state index in [2.05, 4.69) is 12.7 Å². The predicted octanol–water partition coefficient (Wildman–Crippen LogP) is 0.804. The molecule has 1 aliphatic rings. The number of nitrogens with two attached hydrogens (primary N) is 1. The molecule has 1 aliphatic heterocycles. The van der Waals surface area contributed by atoms with Crippen LogP contribution in [-0.4, -0.2) is 12.8 Å². The van der Waals surface area contributed by atoms with Crippen molar-refractivity contribution in [1.29, 1.82) is 0 Å². The minimum absolute atomic E-state index is 0.103. The van der Waals surface area contributed by atoms with Crippen molar-refractivity contribution in [3.05, 3.63) is 24.3 Å². The Labute approximate surface area is 55.0 Å². The van der Waals surface area contributed by atoms with Gasteiger partial charge in [-0.3, -0.25) is 0 Å². The summed E-state index contributed by atoms with van der Waals surface area (Å²) in [4.78, 5) is 0. The van der Waals surface area contributed by atoms with Crippen LogP contribution in [0.25, 0.3) is 0 Å². The molecule has 2 heteroatoms. The third-order valence-corrected chi connectivity index (χ3v) is 1.34. The fourth-order valence-electron chi connectivity index (χ4n) is 0.740. The summed E-state index contributed by atoms with van der Waals surface area (Å²) in [5.41, 5.74) is 6.59. The van der Waals surface area contributed by atoms with Gasteiger partial charge in [-0.2, -0.15) is 0 Å². The maximum atomic E-state index is 5.45. The molecule has 0 aliphatic carbocycles. The zero-order chi connectivity index (χ0) is 6.69. The van der Waals surface area contributed by atoms with Crippen LogP contribution < -0.4 is 5.73 Å². The van der Waals surface area contributed by atoms with Gasteiger partial charge in [0.25, 0.3) is 0 Å². The first-order valence-corrected chi connectivity index (χ1v) is 3.01. The maximum absolute atomic E-state index is 5.45. The van der Waals surface area contributed by atoms with Gasteiger partial charge in [0.15, 0.2) is 0 Å². The van der Waals surface area contributed by atoms with E-state index in [0.29, 0.717) is 6.61 Å². The minimum atomic E-state index is -0.103. The quantitative estimate of drug-likeness (QED) is 0.562. The molecule has 0 aromatic heterocycles. The Bertz CT molecular complexity index is 140. The average molecular weight is 125 g/mol. The molecule has 0 amide bonds. The lowest BCUT2D eigenvalue weighted by Crippen LogP contribution is -2.26.